The van der Waals surface area contributed by atoms with Crippen LogP contribution in [-0.2, 0) is 13.5 Å². The van der Waals surface area contributed by atoms with Gasteiger partial charge in [0.05, 0.1) is 16.5 Å². The second-order valence-corrected chi connectivity index (χ2v) is 4.86. The molecule has 1 unspecified atom stereocenters. The molecule has 0 saturated carbocycles. The van der Waals surface area contributed by atoms with Crippen LogP contribution >= 0.6 is 15.9 Å². The van der Waals surface area contributed by atoms with Crippen LogP contribution in [0.4, 0.5) is 8.78 Å². The monoisotopic (exact) mass is 316 g/mol. The van der Waals surface area contributed by atoms with Gasteiger partial charge in [-0.3, -0.25) is 0 Å². The fourth-order valence-corrected chi connectivity index (χ4v) is 2.03. The Bertz CT molecular complexity index is 571. The highest BCUT2D eigenvalue weighted by atomic mass is 79.9. The molecule has 0 spiro atoms. The van der Waals surface area contributed by atoms with E-state index in [9.17, 15) is 13.9 Å². The molecule has 1 atom stereocenters. The van der Waals surface area contributed by atoms with Crippen LogP contribution in [0.3, 0.4) is 0 Å². The minimum Gasteiger partial charge on any atom is -0.386 e. The van der Waals surface area contributed by atoms with Crippen molar-refractivity contribution < 1.29 is 13.9 Å². The van der Waals surface area contributed by atoms with Crippen molar-refractivity contribution in [2.24, 2.45) is 7.05 Å². The summed E-state index contributed by atoms with van der Waals surface area (Å²) in [4.78, 5) is 3.95. The normalized spacial score (nSPS) is 12.7. The third-order valence-electron chi connectivity index (χ3n) is 2.60. The van der Waals surface area contributed by atoms with Gasteiger partial charge in [-0.25, -0.2) is 13.8 Å². The summed E-state index contributed by atoms with van der Waals surface area (Å²) < 4.78 is 29.1. The first kappa shape index (κ1) is 13.2. The number of hydrogen-bond acceptors (Lipinski definition) is 2. The third-order valence-corrected chi connectivity index (χ3v) is 3.22. The zero-order chi connectivity index (χ0) is 13.3. The topological polar surface area (TPSA) is 38.0 Å². The average Bonchev–Trinajstić information content (AvgIpc) is 2.76. The van der Waals surface area contributed by atoms with Crippen LogP contribution in [0.1, 0.15) is 17.4 Å². The second kappa shape index (κ2) is 5.16. The quantitative estimate of drug-likeness (QED) is 0.884. The van der Waals surface area contributed by atoms with E-state index in [-0.39, 0.29) is 16.5 Å². The number of imidazole rings is 1. The zero-order valence-corrected chi connectivity index (χ0v) is 11.2. The van der Waals surface area contributed by atoms with Crippen molar-refractivity contribution in [1.29, 1.82) is 0 Å². The lowest BCUT2D eigenvalue weighted by atomic mass is 10.0. The van der Waals surface area contributed by atoms with Gasteiger partial charge in [0.1, 0.15) is 17.7 Å². The molecule has 0 fully saturated rings. The molecule has 3 nitrogen and oxygen atoms in total. The lowest BCUT2D eigenvalue weighted by Crippen LogP contribution is -2.06. The molecule has 0 aliphatic carbocycles. The molecule has 6 heteroatoms. The van der Waals surface area contributed by atoms with Crippen LogP contribution in [0.5, 0.6) is 0 Å². The molecule has 1 heterocycles. The first-order valence-corrected chi connectivity index (χ1v) is 6.06. The Morgan fingerprint density at radius 3 is 2.78 bits per heavy atom. The Morgan fingerprint density at radius 2 is 2.17 bits per heavy atom. The highest BCUT2D eigenvalue weighted by Crippen LogP contribution is 2.25. The van der Waals surface area contributed by atoms with E-state index in [4.69, 9.17) is 0 Å². The molecule has 0 saturated heterocycles. The number of hydrogen-bond donors (Lipinski definition) is 1. The SMILES string of the molecule is Cn1cnc(C(O)Cc2c(F)ccc(Br)c2F)c1. The first-order valence-electron chi connectivity index (χ1n) is 5.27. The van der Waals surface area contributed by atoms with E-state index in [1.54, 1.807) is 17.8 Å². The van der Waals surface area contributed by atoms with Crippen molar-refractivity contribution in [3.05, 3.63) is 52.0 Å². The molecular weight excluding hydrogens is 306 g/mol. The van der Waals surface area contributed by atoms with Gasteiger partial charge in [-0.2, -0.15) is 0 Å². The maximum atomic E-state index is 13.7. The summed E-state index contributed by atoms with van der Waals surface area (Å²) in [6.45, 7) is 0. The number of halogens is 3. The van der Waals surface area contributed by atoms with Crippen LogP contribution in [-0.4, -0.2) is 14.7 Å². The lowest BCUT2D eigenvalue weighted by molar-refractivity contribution is 0.171. The molecule has 1 N–H and O–H groups in total. The maximum Gasteiger partial charge on any atom is 0.143 e. The summed E-state index contributed by atoms with van der Waals surface area (Å²) in [6, 6.07) is 2.45. The molecule has 0 aliphatic heterocycles. The lowest BCUT2D eigenvalue weighted by Gasteiger charge is -2.10. The first-order chi connectivity index (χ1) is 8.49. The van der Waals surface area contributed by atoms with Crippen molar-refractivity contribution >= 4 is 15.9 Å². The summed E-state index contributed by atoms with van der Waals surface area (Å²) in [6.07, 6.45) is 1.93. The molecule has 0 bridgehead atoms. The summed E-state index contributed by atoms with van der Waals surface area (Å²) >= 11 is 2.99. The summed E-state index contributed by atoms with van der Waals surface area (Å²) in [5, 5.41) is 9.90. The predicted molar refractivity (Wildman–Crippen MR) is 65.9 cm³/mol. The number of aliphatic hydroxyl groups is 1. The predicted octanol–water partition coefficient (Wildman–Crippen LogP) is 2.74. The molecular formula is C12H11BrF2N2O. The van der Waals surface area contributed by atoms with Gasteiger partial charge in [0.2, 0.25) is 0 Å². The third kappa shape index (κ3) is 2.59. The summed E-state index contributed by atoms with van der Waals surface area (Å²) in [5.41, 5.74) is 0.235. The van der Waals surface area contributed by atoms with Gasteiger partial charge in [-0.05, 0) is 28.1 Å². The van der Waals surface area contributed by atoms with E-state index >= 15 is 0 Å². The van der Waals surface area contributed by atoms with E-state index in [1.165, 1.54) is 12.4 Å². The van der Waals surface area contributed by atoms with Crippen LogP contribution < -0.4 is 0 Å². The number of aromatic nitrogens is 2. The molecule has 0 radical (unpaired) electrons. The number of aliphatic hydroxyl groups excluding tert-OH is 1. The van der Waals surface area contributed by atoms with Crippen LogP contribution in [0.15, 0.2) is 29.1 Å². The molecule has 1 aromatic carbocycles. The average molecular weight is 317 g/mol. The fraction of sp³-hybridized carbons (Fsp3) is 0.250. The van der Waals surface area contributed by atoms with Gasteiger partial charge in [0.15, 0.2) is 0 Å². The Morgan fingerprint density at radius 1 is 1.44 bits per heavy atom. The second-order valence-electron chi connectivity index (χ2n) is 4.01. The molecule has 96 valence electrons. The fourth-order valence-electron chi connectivity index (χ4n) is 1.66. The van der Waals surface area contributed by atoms with Crippen molar-refractivity contribution in [3.63, 3.8) is 0 Å². The Balaban J connectivity index is 2.27. The van der Waals surface area contributed by atoms with E-state index in [1.807, 2.05) is 0 Å². The van der Waals surface area contributed by atoms with Gasteiger partial charge in [-0.15, -0.1) is 0 Å². The Kier molecular flexibility index (Phi) is 3.77. The number of aryl methyl sites for hydroxylation is 1. The van der Waals surface area contributed by atoms with Crippen molar-refractivity contribution in [2.45, 2.75) is 12.5 Å². The Hall–Kier alpha value is -1.27. The van der Waals surface area contributed by atoms with Crippen molar-refractivity contribution in [2.75, 3.05) is 0 Å². The van der Waals surface area contributed by atoms with E-state index < -0.39 is 17.7 Å². The van der Waals surface area contributed by atoms with Crippen LogP contribution in [0.2, 0.25) is 0 Å². The maximum absolute atomic E-state index is 13.7. The molecule has 0 amide bonds. The van der Waals surface area contributed by atoms with Crippen molar-refractivity contribution in [3.8, 4) is 0 Å². The number of nitrogens with zero attached hydrogens (tertiary/aromatic N) is 2. The smallest absolute Gasteiger partial charge is 0.143 e. The van der Waals surface area contributed by atoms with Gasteiger partial charge in [-0.1, -0.05) is 0 Å². The standard InChI is InChI=1S/C12H11BrF2N2O/c1-17-5-10(16-6-17)11(18)4-7-9(14)3-2-8(13)12(7)15/h2-3,5-6,11,18H,4H2,1H3. The molecule has 18 heavy (non-hydrogen) atoms. The van der Waals surface area contributed by atoms with E-state index in [2.05, 4.69) is 20.9 Å². The number of benzene rings is 1. The number of rotatable bonds is 3. The van der Waals surface area contributed by atoms with Crippen LogP contribution in [0, 0.1) is 11.6 Å². The zero-order valence-electron chi connectivity index (χ0n) is 9.57. The largest absolute Gasteiger partial charge is 0.386 e. The molecule has 1 aromatic heterocycles. The van der Waals surface area contributed by atoms with Gasteiger partial charge in [0.25, 0.3) is 0 Å². The molecule has 0 aliphatic rings. The summed E-state index contributed by atoms with van der Waals surface area (Å²) in [5.74, 6) is -1.37. The summed E-state index contributed by atoms with van der Waals surface area (Å²) in [7, 11) is 1.75. The van der Waals surface area contributed by atoms with Gasteiger partial charge >= 0.3 is 0 Å². The molecule has 2 rings (SSSR count). The van der Waals surface area contributed by atoms with Gasteiger partial charge in [0, 0.05) is 25.2 Å². The van der Waals surface area contributed by atoms with Crippen molar-refractivity contribution in [1.82, 2.24) is 9.55 Å². The van der Waals surface area contributed by atoms with Crippen LogP contribution in [0.25, 0.3) is 0 Å². The Labute approximate surface area is 111 Å². The molecule has 2 aromatic rings. The highest BCUT2D eigenvalue weighted by molar-refractivity contribution is 9.10. The minimum absolute atomic E-state index is 0.150. The minimum atomic E-state index is -1.04. The highest BCUT2D eigenvalue weighted by Gasteiger charge is 2.18. The van der Waals surface area contributed by atoms with E-state index in [0.29, 0.717) is 5.69 Å². The van der Waals surface area contributed by atoms with Gasteiger partial charge < -0.3 is 9.67 Å². The van der Waals surface area contributed by atoms with E-state index in [0.717, 1.165) is 6.07 Å².